The lowest BCUT2D eigenvalue weighted by Crippen LogP contribution is -2.51. The van der Waals surface area contributed by atoms with Crippen molar-refractivity contribution in [1.29, 1.82) is 0 Å². The molecular formula is C24H50N2. The molecule has 0 saturated carbocycles. The number of rotatable bonds is 10. The predicted octanol–water partition coefficient (Wildman–Crippen LogP) is 7.39. The summed E-state index contributed by atoms with van der Waals surface area (Å²) >= 11 is 0. The molecule has 4 unspecified atom stereocenters. The largest absolute Gasteiger partial charge is 0.254 e. The van der Waals surface area contributed by atoms with Gasteiger partial charge in [-0.3, -0.25) is 10.9 Å². The molecule has 0 aromatic rings. The van der Waals surface area contributed by atoms with Crippen molar-refractivity contribution in [3.8, 4) is 0 Å². The monoisotopic (exact) mass is 366 g/mol. The summed E-state index contributed by atoms with van der Waals surface area (Å²) in [6.45, 7) is 9.45. The van der Waals surface area contributed by atoms with E-state index in [1.54, 1.807) is 0 Å². The second kappa shape index (κ2) is 15.9. The molecule has 156 valence electrons. The predicted molar refractivity (Wildman–Crippen MR) is 117 cm³/mol. The summed E-state index contributed by atoms with van der Waals surface area (Å²) in [5.41, 5.74) is 7.78. The van der Waals surface area contributed by atoms with Crippen LogP contribution in [0.2, 0.25) is 0 Å². The first kappa shape index (κ1) is 24.0. The van der Waals surface area contributed by atoms with Crippen LogP contribution in [0.15, 0.2) is 0 Å². The molecule has 1 aliphatic rings. The average molecular weight is 367 g/mol. The van der Waals surface area contributed by atoms with Gasteiger partial charge in [-0.2, -0.15) is 0 Å². The third kappa shape index (κ3) is 9.74. The van der Waals surface area contributed by atoms with E-state index in [-0.39, 0.29) is 0 Å². The molecule has 2 heteroatoms. The Morgan fingerprint density at radius 1 is 0.615 bits per heavy atom. The highest BCUT2D eigenvalue weighted by Crippen LogP contribution is 2.25. The zero-order chi connectivity index (χ0) is 19.0. The van der Waals surface area contributed by atoms with Gasteiger partial charge in [0.1, 0.15) is 0 Å². The Morgan fingerprint density at radius 2 is 1.00 bits per heavy atom. The lowest BCUT2D eigenvalue weighted by molar-refractivity contribution is 0.207. The van der Waals surface area contributed by atoms with Gasteiger partial charge in [-0.25, -0.2) is 0 Å². The normalized spacial score (nSPS) is 25.8. The Bertz CT molecular complexity index is 275. The van der Waals surface area contributed by atoms with Crippen molar-refractivity contribution in [2.75, 3.05) is 0 Å². The standard InChI is InChI=1S/C24H50N2/c1-5-9-17-21(7-3)23-19-15-13-11-12-14-16-20-24(26-25-23)22(8-4)18-10-6-2/h21-26H,5-20H2,1-4H3. The second-order valence-corrected chi connectivity index (χ2v) is 8.82. The Labute approximate surface area is 165 Å². The van der Waals surface area contributed by atoms with Crippen LogP contribution in [0.5, 0.6) is 0 Å². The van der Waals surface area contributed by atoms with E-state index >= 15 is 0 Å². The maximum Gasteiger partial charge on any atom is 0.0241 e. The quantitative estimate of drug-likeness (QED) is 0.421. The summed E-state index contributed by atoms with van der Waals surface area (Å²) in [5.74, 6) is 1.67. The highest BCUT2D eigenvalue weighted by molar-refractivity contribution is 4.80. The Morgan fingerprint density at radius 3 is 1.35 bits per heavy atom. The molecule has 1 saturated heterocycles. The van der Waals surface area contributed by atoms with Crippen LogP contribution in [0.4, 0.5) is 0 Å². The summed E-state index contributed by atoms with van der Waals surface area (Å²) in [6.07, 6.45) is 22.1. The van der Waals surface area contributed by atoms with Crippen LogP contribution in [-0.4, -0.2) is 12.1 Å². The van der Waals surface area contributed by atoms with Crippen LogP contribution in [0.3, 0.4) is 0 Å². The minimum Gasteiger partial charge on any atom is -0.254 e. The van der Waals surface area contributed by atoms with Gasteiger partial charge < -0.3 is 0 Å². The van der Waals surface area contributed by atoms with Gasteiger partial charge in [0.2, 0.25) is 0 Å². The maximum atomic E-state index is 3.89. The molecule has 0 aromatic carbocycles. The van der Waals surface area contributed by atoms with E-state index in [4.69, 9.17) is 0 Å². The van der Waals surface area contributed by atoms with E-state index in [1.807, 2.05) is 0 Å². The first-order valence-electron chi connectivity index (χ1n) is 12.3. The van der Waals surface area contributed by atoms with Gasteiger partial charge in [0.15, 0.2) is 0 Å². The average Bonchev–Trinajstić information content (AvgIpc) is 2.65. The lowest BCUT2D eigenvalue weighted by Gasteiger charge is -2.34. The van der Waals surface area contributed by atoms with Crippen molar-refractivity contribution < 1.29 is 0 Å². The first-order chi connectivity index (χ1) is 12.8. The Balaban J connectivity index is 2.72. The molecule has 0 spiro atoms. The zero-order valence-electron chi connectivity index (χ0n) is 18.6. The molecule has 26 heavy (non-hydrogen) atoms. The van der Waals surface area contributed by atoms with Crippen LogP contribution < -0.4 is 10.9 Å². The van der Waals surface area contributed by atoms with Crippen molar-refractivity contribution in [2.45, 2.75) is 143 Å². The molecule has 0 aromatic heterocycles. The van der Waals surface area contributed by atoms with E-state index in [0.29, 0.717) is 12.1 Å². The summed E-state index contributed by atoms with van der Waals surface area (Å²) in [4.78, 5) is 0. The van der Waals surface area contributed by atoms with Gasteiger partial charge in [0, 0.05) is 12.1 Å². The van der Waals surface area contributed by atoms with Crippen LogP contribution in [0, 0.1) is 11.8 Å². The third-order valence-corrected chi connectivity index (χ3v) is 6.78. The molecule has 1 rings (SSSR count). The number of unbranched alkanes of at least 4 members (excludes halogenated alkanes) is 2. The summed E-state index contributed by atoms with van der Waals surface area (Å²) in [6, 6.07) is 1.33. The van der Waals surface area contributed by atoms with E-state index in [0.717, 1.165) is 11.8 Å². The van der Waals surface area contributed by atoms with E-state index < -0.39 is 0 Å². The summed E-state index contributed by atoms with van der Waals surface area (Å²) in [5, 5.41) is 0. The molecule has 1 fully saturated rings. The molecule has 4 atom stereocenters. The fourth-order valence-corrected chi connectivity index (χ4v) is 4.81. The number of hydrazine groups is 1. The maximum absolute atomic E-state index is 3.89. The highest BCUT2D eigenvalue weighted by atomic mass is 15.4. The topological polar surface area (TPSA) is 24.1 Å². The number of hydrogen-bond donors (Lipinski definition) is 2. The number of hydrogen-bond acceptors (Lipinski definition) is 2. The van der Waals surface area contributed by atoms with Crippen molar-refractivity contribution in [3.63, 3.8) is 0 Å². The van der Waals surface area contributed by atoms with Gasteiger partial charge in [-0.05, 0) is 37.5 Å². The van der Waals surface area contributed by atoms with Gasteiger partial charge in [0.05, 0.1) is 0 Å². The van der Waals surface area contributed by atoms with E-state index in [2.05, 4.69) is 38.5 Å². The summed E-state index contributed by atoms with van der Waals surface area (Å²) in [7, 11) is 0. The van der Waals surface area contributed by atoms with Crippen LogP contribution in [-0.2, 0) is 0 Å². The minimum absolute atomic E-state index is 0.664. The van der Waals surface area contributed by atoms with Crippen LogP contribution >= 0.6 is 0 Å². The van der Waals surface area contributed by atoms with Crippen LogP contribution in [0.25, 0.3) is 0 Å². The lowest BCUT2D eigenvalue weighted by atomic mass is 9.86. The Hall–Kier alpha value is -0.0800. The van der Waals surface area contributed by atoms with Crippen molar-refractivity contribution in [2.24, 2.45) is 11.8 Å². The van der Waals surface area contributed by atoms with Gasteiger partial charge in [-0.1, -0.05) is 105 Å². The fourth-order valence-electron chi connectivity index (χ4n) is 4.81. The highest BCUT2D eigenvalue weighted by Gasteiger charge is 2.24. The molecule has 2 nitrogen and oxygen atoms in total. The Kier molecular flexibility index (Phi) is 14.7. The van der Waals surface area contributed by atoms with E-state index in [1.165, 1.54) is 103 Å². The molecule has 2 N–H and O–H groups in total. The van der Waals surface area contributed by atoms with Crippen molar-refractivity contribution >= 4 is 0 Å². The first-order valence-corrected chi connectivity index (χ1v) is 12.3. The molecule has 0 aliphatic carbocycles. The van der Waals surface area contributed by atoms with Gasteiger partial charge in [0.25, 0.3) is 0 Å². The molecule has 0 radical (unpaired) electrons. The molecular weight excluding hydrogens is 316 g/mol. The third-order valence-electron chi connectivity index (χ3n) is 6.78. The van der Waals surface area contributed by atoms with Crippen molar-refractivity contribution in [3.05, 3.63) is 0 Å². The molecule has 0 amide bonds. The van der Waals surface area contributed by atoms with Gasteiger partial charge >= 0.3 is 0 Å². The number of nitrogens with one attached hydrogen (secondary N) is 2. The fraction of sp³-hybridized carbons (Fsp3) is 1.00. The van der Waals surface area contributed by atoms with Crippen molar-refractivity contribution in [1.82, 2.24) is 10.9 Å². The smallest absolute Gasteiger partial charge is 0.0241 e. The zero-order valence-corrected chi connectivity index (χ0v) is 18.6. The minimum atomic E-state index is 0.664. The second-order valence-electron chi connectivity index (χ2n) is 8.82. The van der Waals surface area contributed by atoms with Gasteiger partial charge in [-0.15, -0.1) is 0 Å². The molecule has 0 bridgehead atoms. The van der Waals surface area contributed by atoms with E-state index in [9.17, 15) is 0 Å². The summed E-state index contributed by atoms with van der Waals surface area (Å²) < 4.78 is 0. The molecule has 1 aliphatic heterocycles. The molecule has 1 heterocycles. The SMILES string of the molecule is CCCCC(CC)C1CCCCCCCCC(C(CC)CCCC)NN1. The van der Waals surface area contributed by atoms with Crippen LogP contribution in [0.1, 0.15) is 130 Å².